The van der Waals surface area contributed by atoms with Crippen LogP contribution in [0.1, 0.15) is 11.0 Å². The normalized spacial score (nSPS) is 18.0. The van der Waals surface area contributed by atoms with Gasteiger partial charge in [-0.3, -0.25) is 0 Å². The van der Waals surface area contributed by atoms with Crippen LogP contribution < -0.4 is 10.1 Å². The molecule has 1 unspecified atom stereocenters. The van der Waals surface area contributed by atoms with Gasteiger partial charge in [-0.2, -0.15) is 0 Å². The number of fused-ring (bicyclic) bond motifs is 1. The van der Waals surface area contributed by atoms with Crippen LogP contribution in [0, 0.1) is 0 Å². The van der Waals surface area contributed by atoms with Gasteiger partial charge < -0.3 is 10.1 Å². The van der Waals surface area contributed by atoms with Crippen LogP contribution in [0.2, 0.25) is 4.34 Å². The van der Waals surface area contributed by atoms with Crippen molar-refractivity contribution in [2.45, 2.75) is 11.0 Å². The van der Waals surface area contributed by atoms with Gasteiger partial charge in [0, 0.05) is 11.1 Å². The smallest absolute Gasteiger partial charge is 0.175 e. The summed E-state index contributed by atoms with van der Waals surface area (Å²) in [6, 6.07) is 8.62. The minimum atomic E-state index is -3.21. The molecule has 2 aromatic rings. The fourth-order valence-corrected chi connectivity index (χ4v) is 3.78. The number of benzene rings is 1. The molecule has 20 heavy (non-hydrogen) atoms. The van der Waals surface area contributed by atoms with Crippen LogP contribution in [0.15, 0.2) is 35.2 Å². The van der Waals surface area contributed by atoms with E-state index in [4.69, 9.17) is 16.3 Å². The van der Waals surface area contributed by atoms with Crippen LogP contribution in [0.3, 0.4) is 0 Å². The molecule has 0 radical (unpaired) electrons. The van der Waals surface area contributed by atoms with Gasteiger partial charge in [0.1, 0.15) is 5.75 Å². The van der Waals surface area contributed by atoms with Crippen molar-refractivity contribution in [2.75, 3.05) is 18.1 Å². The lowest BCUT2D eigenvalue weighted by Gasteiger charge is -2.27. The number of nitrogens with one attached hydrogen (secondary N) is 1. The Balaban J connectivity index is 1.89. The number of anilines is 1. The summed E-state index contributed by atoms with van der Waals surface area (Å²) in [5.41, 5.74) is 0.701. The molecule has 0 amide bonds. The lowest BCUT2D eigenvalue weighted by Crippen LogP contribution is -2.23. The number of hydrogen-bond donors (Lipinski definition) is 1. The molecule has 1 aromatic carbocycles. The van der Waals surface area contributed by atoms with E-state index in [1.54, 1.807) is 18.2 Å². The van der Waals surface area contributed by atoms with E-state index in [1.807, 2.05) is 12.1 Å². The molecule has 3 rings (SSSR count). The van der Waals surface area contributed by atoms with Crippen LogP contribution in [0.25, 0.3) is 0 Å². The predicted octanol–water partition coefficient (Wildman–Crippen LogP) is 3.35. The quantitative estimate of drug-likeness (QED) is 0.918. The topological polar surface area (TPSA) is 55.4 Å². The summed E-state index contributed by atoms with van der Waals surface area (Å²) in [5, 5.41) is 3.21. The van der Waals surface area contributed by atoms with Gasteiger partial charge >= 0.3 is 0 Å². The van der Waals surface area contributed by atoms with Gasteiger partial charge in [0.25, 0.3) is 0 Å². The standard InChI is InChI=1S/C13H12ClNO3S2/c1-20(16,17)8-2-3-10-9(6-8)15-7-11(18-10)12-4-5-13(14)19-12/h2-6,11,15H,7H2,1H3. The summed E-state index contributed by atoms with van der Waals surface area (Å²) in [6.45, 7) is 0.580. The highest BCUT2D eigenvalue weighted by atomic mass is 35.5. The third-order valence-corrected chi connectivity index (χ3v) is 5.47. The lowest BCUT2D eigenvalue weighted by atomic mass is 10.2. The SMILES string of the molecule is CS(=O)(=O)c1ccc2c(c1)NCC(c1ccc(Cl)s1)O2. The molecule has 1 aromatic heterocycles. The maximum Gasteiger partial charge on any atom is 0.175 e. The molecule has 106 valence electrons. The second-order valence-corrected chi connectivity index (χ2v) is 8.32. The highest BCUT2D eigenvalue weighted by Crippen LogP contribution is 2.38. The van der Waals surface area contributed by atoms with E-state index in [9.17, 15) is 8.42 Å². The first-order chi connectivity index (χ1) is 9.43. The molecule has 0 aliphatic carbocycles. The zero-order valence-corrected chi connectivity index (χ0v) is 13.0. The monoisotopic (exact) mass is 329 g/mol. The molecule has 0 fully saturated rings. The Kier molecular flexibility index (Phi) is 3.40. The summed E-state index contributed by atoms with van der Waals surface area (Å²) in [6.07, 6.45) is 1.08. The number of thiophene rings is 1. The van der Waals surface area contributed by atoms with E-state index in [0.29, 0.717) is 18.0 Å². The van der Waals surface area contributed by atoms with Gasteiger partial charge in [0.15, 0.2) is 15.9 Å². The van der Waals surface area contributed by atoms with Crippen molar-refractivity contribution in [2.24, 2.45) is 0 Å². The molecular weight excluding hydrogens is 318 g/mol. The first-order valence-corrected chi connectivity index (χ1v) is 9.02. The van der Waals surface area contributed by atoms with Crippen LogP contribution in [-0.2, 0) is 9.84 Å². The molecule has 1 atom stereocenters. The average Bonchev–Trinajstić information content (AvgIpc) is 2.83. The van der Waals surface area contributed by atoms with Crippen molar-refractivity contribution in [1.82, 2.24) is 0 Å². The second-order valence-electron chi connectivity index (χ2n) is 4.56. The molecule has 2 heterocycles. The van der Waals surface area contributed by atoms with E-state index < -0.39 is 9.84 Å². The molecule has 1 N–H and O–H groups in total. The van der Waals surface area contributed by atoms with E-state index in [2.05, 4.69) is 5.32 Å². The van der Waals surface area contributed by atoms with E-state index >= 15 is 0 Å². The maximum atomic E-state index is 11.5. The number of halogens is 1. The lowest BCUT2D eigenvalue weighted by molar-refractivity contribution is 0.214. The Bertz CT molecular complexity index is 755. The Morgan fingerprint density at radius 2 is 2.15 bits per heavy atom. The molecule has 0 bridgehead atoms. The molecule has 1 aliphatic rings. The molecule has 0 spiro atoms. The molecule has 1 aliphatic heterocycles. The summed E-state index contributed by atoms with van der Waals surface area (Å²) < 4.78 is 29.7. The van der Waals surface area contributed by atoms with Crippen molar-refractivity contribution >= 4 is 38.5 Å². The number of ether oxygens (including phenoxy) is 1. The van der Waals surface area contributed by atoms with E-state index in [-0.39, 0.29) is 11.0 Å². The van der Waals surface area contributed by atoms with Crippen molar-refractivity contribution < 1.29 is 13.2 Å². The third-order valence-electron chi connectivity index (χ3n) is 3.04. The van der Waals surface area contributed by atoms with Gasteiger partial charge in [-0.25, -0.2) is 8.42 Å². The molecule has 4 nitrogen and oxygen atoms in total. The number of sulfone groups is 1. The Morgan fingerprint density at radius 3 is 2.80 bits per heavy atom. The summed E-state index contributed by atoms with van der Waals surface area (Å²) >= 11 is 7.41. The Labute approximate surface area is 126 Å². The fourth-order valence-electron chi connectivity index (χ4n) is 2.04. The summed E-state index contributed by atoms with van der Waals surface area (Å²) in [4.78, 5) is 1.32. The highest BCUT2D eigenvalue weighted by Gasteiger charge is 2.23. The van der Waals surface area contributed by atoms with Crippen molar-refractivity contribution in [1.29, 1.82) is 0 Å². The maximum absolute atomic E-state index is 11.5. The first-order valence-electron chi connectivity index (χ1n) is 5.93. The van der Waals surface area contributed by atoms with E-state index in [0.717, 1.165) is 9.21 Å². The van der Waals surface area contributed by atoms with Crippen LogP contribution in [0.5, 0.6) is 5.75 Å². The Morgan fingerprint density at radius 1 is 1.35 bits per heavy atom. The highest BCUT2D eigenvalue weighted by molar-refractivity contribution is 7.90. The zero-order chi connectivity index (χ0) is 14.3. The summed E-state index contributed by atoms with van der Waals surface area (Å²) in [7, 11) is -3.21. The van der Waals surface area contributed by atoms with Crippen molar-refractivity contribution in [3.8, 4) is 5.75 Å². The first kappa shape index (κ1) is 13.7. The zero-order valence-electron chi connectivity index (χ0n) is 10.6. The third kappa shape index (κ3) is 2.63. The fraction of sp³-hybridized carbons (Fsp3) is 0.231. The van der Waals surface area contributed by atoms with Gasteiger partial charge in [0.2, 0.25) is 0 Å². The number of rotatable bonds is 2. The second kappa shape index (κ2) is 4.95. The molecule has 0 saturated carbocycles. The van der Waals surface area contributed by atoms with Gasteiger partial charge in [-0.05, 0) is 30.3 Å². The van der Waals surface area contributed by atoms with Crippen LogP contribution in [0.4, 0.5) is 5.69 Å². The van der Waals surface area contributed by atoms with E-state index in [1.165, 1.54) is 17.6 Å². The molecule has 7 heteroatoms. The molecule has 0 saturated heterocycles. The van der Waals surface area contributed by atoms with Crippen molar-refractivity contribution in [3.63, 3.8) is 0 Å². The van der Waals surface area contributed by atoms with Crippen LogP contribution in [-0.4, -0.2) is 21.2 Å². The van der Waals surface area contributed by atoms with Crippen molar-refractivity contribution in [3.05, 3.63) is 39.5 Å². The Hall–Kier alpha value is -1.24. The van der Waals surface area contributed by atoms with Crippen LogP contribution >= 0.6 is 22.9 Å². The largest absolute Gasteiger partial charge is 0.481 e. The van der Waals surface area contributed by atoms with Gasteiger partial charge in [0.05, 0.1) is 21.5 Å². The number of hydrogen-bond acceptors (Lipinski definition) is 5. The van der Waals surface area contributed by atoms with Gasteiger partial charge in [-0.15, -0.1) is 11.3 Å². The molecular formula is C13H12ClNO3S2. The predicted molar refractivity (Wildman–Crippen MR) is 80.7 cm³/mol. The summed E-state index contributed by atoms with van der Waals surface area (Å²) in [5.74, 6) is 0.651. The van der Waals surface area contributed by atoms with Gasteiger partial charge in [-0.1, -0.05) is 11.6 Å². The minimum Gasteiger partial charge on any atom is -0.481 e. The average molecular weight is 330 g/mol. The minimum absolute atomic E-state index is 0.107.